The molecule has 0 saturated carbocycles. The fraction of sp³-hybridized carbons (Fsp3) is 0.174. The largest absolute Gasteiger partial charge is 0.507 e. The molecule has 1 aliphatic rings. The number of carbonyl (C=O) groups excluding carboxylic acids is 2. The lowest BCUT2D eigenvalue weighted by atomic mass is 9.94. The molecule has 2 heterocycles. The van der Waals surface area contributed by atoms with Crippen LogP contribution >= 0.6 is 0 Å². The lowest BCUT2D eigenvalue weighted by Gasteiger charge is -2.24. The minimum Gasteiger partial charge on any atom is -0.507 e. The molecule has 158 valence electrons. The van der Waals surface area contributed by atoms with Gasteiger partial charge in [-0.1, -0.05) is 35.5 Å². The molecular weight excluding hydrogens is 400 g/mol. The predicted octanol–water partition coefficient (Wildman–Crippen LogP) is 3.63. The van der Waals surface area contributed by atoms with Gasteiger partial charge in [0.1, 0.15) is 29.1 Å². The van der Waals surface area contributed by atoms with Crippen LogP contribution in [0.2, 0.25) is 0 Å². The zero-order valence-electron chi connectivity index (χ0n) is 17.2. The van der Waals surface area contributed by atoms with Gasteiger partial charge in [-0.3, -0.25) is 14.5 Å². The second-order valence-electron chi connectivity index (χ2n) is 6.94. The van der Waals surface area contributed by atoms with Crippen LogP contribution in [-0.2, 0) is 9.59 Å². The number of ether oxygens (including phenoxy) is 2. The summed E-state index contributed by atoms with van der Waals surface area (Å²) in [6, 6.07) is 14.1. The summed E-state index contributed by atoms with van der Waals surface area (Å²) in [5.41, 5.74) is 0.784. The van der Waals surface area contributed by atoms with Crippen molar-refractivity contribution in [3.8, 4) is 11.5 Å². The highest BCUT2D eigenvalue weighted by atomic mass is 16.5. The van der Waals surface area contributed by atoms with Gasteiger partial charge < -0.3 is 19.1 Å². The topological polar surface area (TPSA) is 102 Å². The van der Waals surface area contributed by atoms with E-state index < -0.39 is 17.7 Å². The molecule has 0 bridgehead atoms. The fourth-order valence-corrected chi connectivity index (χ4v) is 3.63. The van der Waals surface area contributed by atoms with E-state index in [9.17, 15) is 14.7 Å². The summed E-state index contributed by atoms with van der Waals surface area (Å²) in [5, 5.41) is 15.0. The number of anilines is 1. The first-order chi connectivity index (χ1) is 15.0. The van der Waals surface area contributed by atoms with Crippen molar-refractivity contribution >= 4 is 23.3 Å². The quantitative estimate of drug-likeness (QED) is 0.382. The van der Waals surface area contributed by atoms with Crippen molar-refractivity contribution in [2.45, 2.75) is 13.0 Å². The van der Waals surface area contributed by atoms with Gasteiger partial charge in [0.05, 0.1) is 19.8 Å². The average molecular weight is 420 g/mol. The molecule has 1 amide bonds. The number of methoxy groups -OCH3 is 2. The van der Waals surface area contributed by atoms with Crippen LogP contribution in [0.4, 0.5) is 5.82 Å². The van der Waals surface area contributed by atoms with E-state index in [0.29, 0.717) is 28.4 Å². The van der Waals surface area contributed by atoms with Gasteiger partial charge in [-0.25, -0.2) is 0 Å². The summed E-state index contributed by atoms with van der Waals surface area (Å²) < 4.78 is 16.0. The average Bonchev–Trinajstić information content (AvgIpc) is 3.34. The molecule has 1 saturated heterocycles. The Morgan fingerprint density at radius 3 is 2.42 bits per heavy atom. The van der Waals surface area contributed by atoms with E-state index in [1.807, 2.05) is 0 Å². The molecule has 1 fully saturated rings. The monoisotopic (exact) mass is 420 g/mol. The Bertz CT molecular complexity index is 1180. The van der Waals surface area contributed by atoms with Crippen molar-refractivity contribution in [3.63, 3.8) is 0 Å². The van der Waals surface area contributed by atoms with E-state index >= 15 is 0 Å². The summed E-state index contributed by atoms with van der Waals surface area (Å²) in [6.45, 7) is 1.68. The van der Waals surface area contributed by atoms with E-state index in [2.05, 4.69) is 5.16 Å². The maximum atomic E-state index is 13.1. The molecule has 0 radical (unpaired) electrons. The minimum atomic E-state index is -1.00. The Kier molecular flexibility index (Phi) is 5.21. The Morgan fingerprint density at radius 1 is 1.06 bits per heavy atom. The molecule has 8 heteroatoms. The standard InChI is InChI=1S/C23H20N2O6/c1-13-11-18(24-31-13)25-20(16-12-15(29-2)9-10-17(16)30-3)19(22(27)23(25)28)21(26)14-7-5-4-6-8-14/h4-12,20,26H,1-3H3/t20-/m0/s1. The van der Waals surface area contributed by atoms with Gasteiger partial charge in [0.15, 0.2) is 5.82 Å². The van der Waals surface area contributed by atoms with E-state index in [1.165, 1.54) is 19.1 Å². The number of aryl methyl sites for hydroxylation is 1. The van der Waals surface area contributed by atoms with Crippen LogP contribution in [-0.4, -0.2) is 36.2 Å². The Morgan fingerprint density at radius 2 is 1.81 bits per heavy atom. The summed E-state index contributed by atoms with van der Waals surface area (Å²) in [7, 11) is 2.99. The van der Waals surface area contributed by atoms with Crippen LogP contribution in [0, 0.1) is 6.92 Å². The molecule has 0 unspecified atom stereocenters. The van der Waals surface area contributed by atoms with E-state index in [4.69, 9.17) is 14.0 Å². The molecule has 4 rings (SSSR count). The number of carbonyl (C=O) groups is 2. The first-order valence-electron chi connectivity index (χ1n) is 9.48. The summed E-state index contributed by atoms with van der Waals surface area (Å²) in [5.74, 6) is -0.429. The molecule has 1 aromatic heterocycles. The van der Waals surface area contributed by atoms with Gasteiger partial charge in [0, 0.05) is 17.2 Å². The minimum absolute atomic E-state index is 0.0802. The van der Waals surface area contributed by atoms with Gasteiger partial charge in [-0.15, -0.1) is 0 Å². The highest BCUT2D eigenvalue weighted by Gasteiger charge is 2.49. The number of ketones is 1. The number of aliphatic hydroxyl groups is 1. The van der Waals surface area contributed by atoms with Crippen molar-refractivity contribution in [2.75, 3.05) is 19.1 Å². The van der Waals surface area contributed by atoms with Crippen molar-refractivity contribution in [1.82, 2.24) is 5.16 Å². The van der Waals surface area contributed by atoms with Crippen LogP contribution in [0.25, 0.3) is 5.76 Å². The molecule has 0 aliphatic carbocycles. The second kappa shape index (κ2) is 7.98. The fourth-order valence-electron chi connectivity index (χ4n) is 3.63. The van der Waals surface area contributed by atoms with Crippen molar-refractivity contribution in [1.29, 1.82) is 0 Å². The molecule has 31 heavy (non-hydrogen) atoms. The van der Waals surface area contributed by atoms with Crippen LogP contribution in [0.15, 0.2) is 64.7 Å². The van der Waals surface area contributed by atoms with Crippen molar-refractivity contribution in [2.24, 2.45) is 0 Å². The Hall–Kier alpha value is -4.07. The highest BCUT2D eigenvalue weighted by Crippen LogP contribution is 2.45. The van der Waals surface area contributed by atoms with Crippen LogP contribution in [0.5, 0.6) is 11.5 Å². The van der Waals surface area contributed by atoms with Crippen molar-refractivity contribution < 1.29 is 28.7 Å². The molecule has 1 aliphatic heterocycles. The highest BCUT2D eigenvalue weighted by molar-refractivity contribution is 6.51. The van der Waals surface area contributed by atoms with Crippen molar-refractivity contribution in [3.05, 3.63) is 77.1 Å². The number of rotatable bonds is 5. The van der Waals surface area contributed by atoms with Gasteiger partial charge in [-0.05, 0) is 25.1 Å². The second-order valence-corrected chi connectivity index (χ2v) is 6.94. The molecule has 3 aromatic rings. The number of aromatic nitrogens is 1. The van der Waals surface area contributed by atoms with E-state index in [0.717, 1.165) is 0 Å². The van der Waals surface area contributed by atoms with E-state index in [1.54, 1.807) is 61.5 Å². The maximum Gasteiger partial charge on any atom is 0.301 e. The maximum absolute atomic E-state index is 13.1. The first-order valence-corrected chi connectivity index (χ1v) is 9.48. The summed E-state index contributed by atoms with van der Waals surface area (Å²) in [4.78, 5) is 27.4. The summed E-state index contributed by atoms with van der Waals surface area (Å²) >= 11 is 0. The Balaban J connectivity index is 2.01. The van der Waals surface area contributed by atoms with Gasteiger partial charge in [0.25, 0.3) is 5.78 Å². The smallest absolute Gasteiger partial charge is 0.301 e. The van der Waals surface area contributed by atoms with E-state index in [-0.39, 0.29) is 17.2 Å². The predicted molar refractivity (Wildman–Crippen MR) is 112 cm³/mol. The summed E-state index contributed by atoms with van der Waals surface area (Å²) in [6.07, 6.45) is 0. The van der Waals surface area contributed by atoms with Crippen LogP contribution in [0.1, 0.15) is 22.9 Å². The number of Topliss-reactive ketones (excluding diaryl/α,β-unsaturated/α-hetero) is 1. The zero-order valence-corrected chi connectivity index (χ0v) is 17.2. The molecule has 1 N–H and O–H groups in total. The van der Waals surface area contributed by atoms with Gasteiger partial charge in [0.2, 0.25) is 0 Å². The molecule has 8 nitrogen and oxygen atoms in total. The third-order valence-corrected chi connectivity index (χ3v) is 5.09. The molecule has 2 aromatic carbocycles. The Labute approximate surface area is 178 Å². The van der Waals surface area contributed by atoms with Crippen LogP contribution in [0.3, 0.4) is 0 Å². The SMILES string of the molecule is COc1ccc(OC)c([C@H]2C(=C(O)c3ccccc3)C(=O)C(=O)N2c2cc(C)on2)c1. The van der Waals surface area contributed by atoms with Gasteiger partial charge >= 0.3 is 5.91 Å². The first kappa shape index (κ1) is 20.2. The number of aliphatic hydroxyl groups excluding tert-OH is 1. The zero-order chi connectivity index (χ0) is 22.1. The van der Waals surface area contributed by atoms with Crippen LogP contribution < -0.4 is 14.4 Å². The molecule has 0 spiro atoms. The number of nitrogens with zero attached hydrogens (tertiary/aromatic N) is 2. The lowest BCUT2D eigenvalue weighted by Crippen LogP contribution is -2.30. The normalized spacial score (nSPS) is 17.8. The number of amides is 1. The molecule has 1 atom stereocenters. The number of benzene rings is 2. The lowest BCUT2D eigenvalue weighted by molar-refractivity contribution is -0.132. The number of hydrogen-bond acceptors (Lipinski definition) is 7. The molecular formula is C23H20N2O6. The third kappa shape index (κ3) is 3.42. The number of hydrogen-bond donors (Lipinski definition) is 1. The third-order valence-electron chi connectivity index (χ3n) is 5.09. The van der Waals surface area contributed by atoms with Gasteiger partial charge in [-0.2, -0.15) is 0 Å².